The summed E-state index contributed by atoms with van der Waals surface area (Å²) in [5, 5.41) is 0.601. The topological polar surface area (TPSA) is 49.9 Å². The maximum Gasteiger partial charge on any atom is 0.205 e. The molecule has 0 bridgehead atoms. The summed E-state index contributed by atoms with van der Waals surface area (Å²) in [7, 11) is -1.19. The number of fused-ring (bicyclic) bond motifs is 1. The Labute approximate surface area is 96.0 Å². The van der Waals surface area contributed by atoms with Gasteiger partial charge in [0.15, 0.2) is 0 Å². The first-order chi connectivity index (χ1) is 7.74. The number of aromatic amines is 1. The molecule has 1 N–H and O–H groups in total. The van der Waals surface area contributed by atoms with Crippen LogP contribution in [0.15, 0.2) is 40.2 Å². The van der Waals surface area contributed by atoms with Crippen LogP contribution in [0.25, 0.3) is 10.9 Å². The maximum atomic E-state index is 12.0. The summed E-state index contributed by atoms with van der Waals surface area (Å²) in [6, 6.07) is 7.26. The van der Waals surface area contributed by atoms with Crippen molar-refractivity contribution in [3.63, 3.8) is 0 Å². The molecule has 84 valence electrons. The monoisotopic (exact) mass is 235 g/mol. The number of H-pyrrole nitrogens is 1. The summed E-state index contributed by atoms with van der Waals surface area (Å²) < 4.78 is 11.8. The predicted molar refractivity (Wildman–Crippen MR) is 66.1 cm³/mol. The van der Waals surface area contributed by atoms with Gasteiger partial charge in [0.05, 0.1) is 10.8 Å². The third kappa shape index (κ3) is 1.93. The second-order valence-corrected chi connectivity index (χ2v) is 5.12. The van der Waals surface area contributed by atoms with Crippen LogP contribution >= 0.6 is 0 Å². The van der Waals surface area contributed by atoms with Crippen LogP contribution in [0.1, 0.15) is 13.3 Å². The molecule has 1 heterocycles. The first kappa shape index (κ1) is 11.1. The zero-order chi connectivity index (χ0) is 11.5. The highest BCUT2D eigenvalue weighted by Gasteiger charge is 2.09. The fourth-order valence-electron chi connectivity index (χ4n) is 1.61. The van der Waals surface area contributed by atoms with E-state index in [0.29, 0.717) is 16.0 Å². The van der Waals surface area contributed by atoms with Gasteiger partial charge in [-0.05, 0) is 18.6 Å². The predicted octanol–water partition coefficient (Wildman–Crippen LogP) is 2.05. The normalized spacial score (nSPS) is 12.8. The van der Waals surface area contributed by atoms with E-state index in [0.717, 1.165) is 11.9 Å². The van der Waals surface area contributed by atoms with Crippen molar-refractivity contribution in [2.75, 3.05) is 5.75 Å². The lowest BCUT2D eigenvalue weighted by atomic mass is 10.2. The second kappa shape index (κ2) is 4.61. The molecule has 2 aromatic rings. The van der Waals surface area contributed by atoms with Gasteiger partial charge in [-0.3, -0.25) is 9.00 Å². The highest BCUT2D eigenvalue weighted by Crippen LogP contribution is 2.09. The van der Waals surface area contributed by atoms with Crippen molar-refractivity contribution < 1.29 is 4.21 Å². The number of aromatic nitrogens is 1. The minimum Gasteiger partial charge on any atom is -0.360 e. The number of nitrogens with one attached hydrogen (secondary N) is 1. The third-order valence-corrected chi connectivity index (χ3v) is 3.96. The minimum absolute atomic E-state index is 0.124. The van der Waals surface area contributed by atoms with E-state index in [-0.39, 0.29) is 5.43 Å². The van der Waals surface area contributed by atoms with Gasteiger partial charge < -0.3 is 4.98 Å². The van der Waals surface area contributed by atoms with Gasteiger partial charge in [-0.15, -0.1) is 0 Å². The van der Waals surface area contributed by atoms with Crippen molar-refractivity contribution in [2.45, 2.75) is 18.2 Å². The summed E-state index contributed by atoms with van der Waals surface area (Å²) in [4.78, 5) is 15.4. The Balaban J connectivity index is 2.61. The summed E-state index contributed by atoms with van der Waals surface area (Å²) in [5.74, 6) is 0.529. The molecule has 2 rings (SSSR count). The van der Waals surface area contributed by atoms with E-state index in [1.165, 1.54) is 0 Å². The molecule has 0 radical (unpaired) electrons. The van der Waals surface area contributed by atoms with Crippen molar-refractivity contribution in [3.8, 4) is 0 Å². The van der Waals surface area contributed by atoms with E-state index in [4.69, 9.17) is 0 Å². The number of pyridine rings is 1. The first-order valence-corrected chi connectivity index (χ1v) is 6.54. The Morgan fingerprint density at radius 3 is 2.81 bits per heavy atom. The van der Waals surface area contributed by atoms with Crippen LogP contribution in [-0.4, -0.2) is 14.9 Å². The number of benzene rings is 1. The molecular formula is C12H13NO2S. The Bertz CT molecular complexity index is 589. The van der Waals surface area contributed by atoms with E-state index >= 15 is 0 Å². The van der Waals surface area contributed by atoms with Crippen LogP contribution in [0.2, 0.25) is 0 Å². The van der Waals surface area contributed by atoms with Gasteiger partial charge in [0.1, 0.15) is 4.90 Å². The highest BCUT2D eigenvalue weighted by molar-refractivity contribution is 7.85. The molecule has 3 nitrogen and oxygen atoms in total. The van der Waals surface area contributed by atoms with Crippen LogP contribution in [0.5, 0.6) is 0 Å². The molecular weight excluding hydrogens is 222 g/mol. The fourth-order valence-corrected chi connectivity index (χ4v) is 2.71. The summed E-state index contributed by atoms with van der Waals surface area (Å²) in [6.45, 7) is 1.95. The van der Waals surface area contributed by atoms with Crippen molar-refractivity contribution in [2.24, 2.45) is 0 Å². The third-order valence-electron chi connectivity index (χ3n) is 2.39. The number of hydrogen-bond acceptors (Lipinski definition) is 2. The second-order valence-electron chi connectivity index (χ2n) is 3.58. The van der Waals surface area contributed by atoms with Crippen molar-refractivity contribution >= 4 is 21.7 Å². The fraction of sp³-hybridized carbons (Fsp3) is 0.250. The van der Waals surface area contributed by atoms with Gasteiger partial charge in [0.25, 0.3) is 0 Å². The quantitative estimate of drug-likeness (QED) is 0.885. The molecule has 0 aliphatic rings. The van der Waals surface area contributed by atoms with E-state index in [2.05, 4.69) is 4.98 Å². The molecule has 1 unspecified atom stereocenters. The molecule has 16 heavy (non-hydrogen) atoms. The molecule has 0 aliphatic heterocycles. The minimum atomic E-state index is -1.19. The molecule has 0 aliphatic carbocycles. The molecule has 0 spiro atoms. The van der Waals surface area contributed by atoms with Crippen LogP contribution < -0.4 is 5.43 Å². The zero-order valence-electron chi connectivity index (χ0n) is 9.03. The molecule has 1 atom stereocenters. The zero-order valence-corrected chi connectivity index (χ0v) is 9.84. The molecule has 0 saturated heterocycles. The molecule has 1 aromatic heterocycles. The summed E-state index contributed by atoms with van der Waals surface area (Å²) in [5.41, 5.74) is 0.658. The Kier molecular flexibility index (Phi) is 3.19. The average Bonchev–Trinajstić information content (AvgIpc) is 2.30. The lowest BCUT2D eigenvalue weighted by Gasteiger charge is -2.02. The van der Waals surface area contributed by atoms with E-state index in [1.54, 1.807) is 12.3 Å². The lowest BCUT2D eigenvalue weighted by molar-refractivity contribution is 0.681. The Morgan fingerprint density at radius 2 is 2.06 bits per heavy atom. The van der Waals surface area contributed by atoms with Gasteiger partial charge in [-0.2, -0.15) is 0 Å². The van der Waals surface area contributed by atoms with Crippen molar-refractivity contribution in [1.82, 2.24) is 4.98 Å². The van der Waals surface area contributed by atoms with Crippen molar-refractivity contribution in [3.05, 3.63) is 40.7 Å². The van der Waals surface area contributed by atoms with Gasteiger partial charge >= 0.3 is 0 Å². The van der Waals surface area contributed by atoms with Crippen molar-refractivity contribution in [1.29, 1.82) is 0 Å². The summed E-state index contributed by atoms with van der Waals surface area (Å²) >= 11 is 0. The van der Waals surface area contributed by atoms with Crippen LogP contribution in [-0.2, 0) is 10.8 Å². The highest BCUT2D eigenvalue weighted by atomic mass is 32.2. The van der Waals surface area contributed by atoms with Crippen LogP contribution in [0.4, 0.5) is 0 Å². The molecule has 0 saturated carbocycles. The van der Waals surface area contributed by atoms with Crippen LogP contribution in [0.3, 0.4) is 0 Å². The van der Waals surface area contributed by atoms with Crippen LogP contribution in [0, 0.1) is 0 Å². The number of para-hydroxylation sites is 1. The molecule has 4 heteroatoms. The van der Waals surface area contributed by atoms with Gasteiger partial charge in [-0.25, -0.2) is 0 Å². The lowest BCUT2D eigenvalue weighted by Crippen LogP contribution is -2.13. The van der Waals surface area contributed by atoms with E-state index in [9.17, 15) is 9.00 Å². The molecule has 0 amide bonds. The number of hydrogen-bond donors (Lipinski definition) is 1. The maximum absolute atomic E-state index is 12.0. The van der Waals surface area contributed by atoms with Gasteiger partial charge in [0.2, 0.25) is 5.43 Å². The van der Waals surface area contributed by atoms with E-state index in [1.807, 2.05) is 25.1 Å². The Morgan fingerprint density at radius 1 is 1.31 bits per heavy atom. The molecule has 0 fully saturated rings. The van der Waals surface area contributed by atoms with Gasteiger partial charge in [-0.1, -0.05) is 19.1 Å². The average molecular weight is 235 g/mol. The smallest absolute Gasteiger partial charge is 0.205 e. The number of rotatable bonds is 3. The van der Waals surface area contributed by atoms with Gasteiger partial charge in [0, 0.05) is 22.9 Å². The van der Waals surface area contributed by atoms with E-state index < -0.39 is 10.8 Å². The largest absolute Gasteiger partial charge is 0.360 e. The summed E-state index contributed by atoms with van der Waals surface area (Å²) in [6.07, 6.45) is 2.37. The first-order valence-electron chi connectivity index (χ1n) is 5.23. The SMILES string of the molecule is CCCS(=O)c1c[nH]c2ccccc2c1=O. The standard InChI is InChI=1S/C12H13NO2S/c1-2-7-16(15)11-8-13-10-6-4-3-5-9(10)12(11)14/h3-6,8H,2,7H2,1H3,(H,13,14). The Hall–Kier alpha value is -1.42. The molecule has 1 aromatic carbocycles.